The molecule has 2 aliphatic rings. The summed E-state index contributed by atoms with van der Waals surface area (Å²) >= 11 is 4.85. The van der Waals surface area contributed by atoms with Crippen LogP contribution in [0.1, 0.15) is 35.1 Å². The Balaban J connectivity index is 1.30. The summed E-state index contributed by atoms with van der Waals surface area (Å²) in [5.41, 5.74) is 3.13. The van der Waals surface area contributed by atoms with Gasteiger partial charge in [0, 0.05) is 21.9 Å². The van der Waals surface area contributed by atoms with Gasteiger partial charge in [0.25, 0.3) is 5.91 Å². The maximum atomic E-state index is 13.5. The molecule has 4 aromatic rings. The van der Waals surface area contributed by atoms with Gasteiger partial charge in [0.2, 0.25) is 0 Å². The van der Waals surface area contributed by atoms with Crippen molar-refractivity contribution in [3.8, 4) is 0 Å². The number of fused-ring (bicyclic) bond motifs is 2. The molecular weight excluding hydrogens is 470 g/mol. The third-order valence-electron chi connectivity index (χ3n) is 6.06. The molecule has 5 heterocycles. The Kier molecular flexibility index (Phi) is 5.61. The van der Waals surface area contributed by atoms with Crippen LogP contribution in [0.5, 0.6) is 0 Å². The molecule has 2 atom stereocenters. The lowest BCUT2D eigenvalue weighted by Crippen LogP contribution is -2.32. The van der Waals surface area contributed by atoms with Crippen LogP contribution in [-0.4, -0.2) is 37.0 Å². The molecule has 0 spiro atoms. The minimum atomic E-state index is -0.0321. The van der Waals surface area contributed by atoms with Crippen molar-refractivity contribution in [1.29, 1.82) is 0 Å². The number of hydrogen-bond acceptors (Lipinski definition) is 7. The zero-order chi connectivity index (χ0) is 22.2. The molecular formula is C24H21N5OS3. The topological polar surface area (TPSA) is 62.9 Å². The summed E-state index contributed by atoms with van der Waals surface area (Å²) in [6, 6.07) is 14.1. The number of hydrogen-bond donors (Lipinski definition) is 0. The number of aromatic nitrogens is 3. The molecule has 166 valence electrons. The minimum Gasteiger partial charge on any atom is -0.277 e. The Morgan fingerprint density at radius 1 is 1.12 bits per heavy atom. The van der Waals surface area contributed by atoms with Crippen molar-refractivity contribution in [2.75, 3.05) is 5.75 Å². The van der Waals surface area contributed by atoms with Crippen molar-refractivity contribution in [2.24, 2.45) is 11.0 Å². The Morgan fingerprint density at radius 2 is 2.03 bits per heavy atom. The first-order chi connectivity index (χ1) is 16.3. The van der Waals surface area contributed by atoms with Gasteiger partial charge in [-0.1, -0.05) is 30.0 Å². The van der Waals surface area contributed by atoms with E-state index in [1.165, 1.54) is 27.1 Å². The molecule has 0 aromatic carbocycles. The number of carbonyl (C=O) groups excluding carboxylic acids is 1. The molecule has 0 saturated heterocycles. The number of thiophene rings is 2. The van der Waals surface area contributed by atoms with Crippen LogP contribution in [-0.2, 0) is 4.79 Å². The average Bonchev–Trinajstić information content (AvgIpc) is 3.64. The van der Waals surface area contributed by atoms with Gasteiger partial charge >= 0.3 is 0 Å². The predicted octanol–water partition coefficient (Wildman–Crippen LogP) is 5.77. The molecule has 1 amide bonds. The third kappa shape index (κ3) is 3.94. The number of nitrogens with zero attached hydrogens (tertiary/aromatic N) is 5. The number of hydrazone groups is 1. The fraction of sp³-hybridized carbons (Fsp3) is 0.250. The van der Waals surface area contributed by atoms with Gasteiger partial charge < -0.3 is 0 Å². The summed E-state index contributed by atoms with van der Waals surface area (Å²) in [6.45, 7) is 0. The number of rotatable bonds is 5. The zero-order valence-electron chi connectivity index (χ0n) is 17.7. The van der Waals surface area contributed by atoms with Gasteiger partial charge in [-0.05, 0) is 65.9 Å². The van der Waals surface area contributed by atoms with E-state index in [4.69, 9.17) is 5.10 Å². The number of carbonyl (C=O) groups is 1. The van der Waals surface area contributed by atoms with Crippen LogP contribution in [0.4, 0.5) is 0 Å². The molecule has 9 heteroatoms. The van der Waals surface area contributed by atoms with Gasteiger partial charge in [-0.3, -0.25) is 9.20 Å². The van der Waals surface area contributed by atoms with Gasteiger partial charge in [0.05, 0.1) is 17.5 Å². The van der Waals surface area contributed by atoms with E-state index >= 15 is 0 Å². The second kappa shape index (κ2) is 8.89. The summed E-state index contributed by atoms with van der Waals surface area (Å²) in [5.74, 6) is 0.514. The van der Waals surface area contributed by atoms with Gasteiger partial charge in [0.15, 0.2) is 10.8 Å². The molecule has 33 heavy (non-hydrogen) atoms. The standard InChI is InChI=1S/C24H21N5OS3/c30-21(15-33-24-26-25-20-10-1-2-11-28(20)24)29-23(19-9-5-13-32-19)18-8-3-6-16(22(18)27-29)14-17-7-4-12-31-17/h1-2,4-5,7,9-14,18,23H,3,6,8,15H2/b16-14+. The summed E-state index contributed by atoms with van der Waals surface area (Å²) < 4.78 is 1.91. The van der Waals surface area contributed by atoms with Gasteiger partial charge in [0.1, 0.15) is 0 Å². The van der Waals surface area contributed by atoms with Crippen LogP contribution in [0.3, 0.4) is 0 Å². The molecule has 1 fully saturated rings. The summed E-state index contributed by atoms with van der Waals surface area (Å²) in [7, 11) is 0. The first kappa shape index (κ1) is 20.8. The molecule has 6 nitrogen and oxygen atoms in total. The summed E-state index contributed by atoms with van der Waals surface area (Å²) in [4.78, 5) is 15.9. The highest BCUT2D eigenvalue weighted by Gasteiger charge is 2.44. The van der Waals surface area contributed by atoms with E-state index in [0.717, 1.165) is 30.6 Å². The number of thioether (sulfide) groups is 1. The number of pyridine rings is 1. The van der Waals surface area contributed by atoms with Crippen molar-refractivity contribution < 1.29 is 4.79 Å². The second-order valence-electron chi connectivity index (χ2n) is 8.07. The Morgan fingerprint density at radius 3 is 2.88 bits per heavy atom. The van der Waals surface area contributed by atoms with Crippen LogP contribution in [0.15, 0.2) is 75.3 Å². The lowest BCUT2D eigenvalue weighted by molar-refractivity contribution is -0.130. The van der Waals surface area contributed by atoms with E-state index in [2.05, 4.69) is 51.3 Å². The smallest absolute Gasteiger partial charge is 0.253 e. The van der Waals surface area contributed by atoms with Crippen LogP contribution >= 0.6 is 34.4 Å². The third-order valence-corrected chi connectivity index (χ3v) is 8.75. The minimum absolute atomic E-state index is 0.00320. The SMILES string of the molecule is O=C(CSc1nnc2ccccn12)N1N=C2/C(=C/c3cccs3)CCCC2C1c1cccs1. The van der Waals surface area contributed by atoms with Crippen LogP contribution < -0.4 is 0 Å². The molecule has 0 radical (unpaired) electrons. The van der Waals surface area contributed by atoms with Crippen molar-refractivity contribution in [2.45, 2.75) is 30.5 Å². The van der Waals surface area contributed by atoms with E-state index in [1.54, 1.807) is 27.7 Å². The lowest BCUT2D eigenvalue weighted by Gasteiger charge is -2.28. The molecule has 1 aliphatic heterocycles. The number of amides is 1. The quantitative estimate of drug-likeness (QED) is 0.333. The molecule has 2 unspecified atom stereocenters. The van der Waals surface area contributed by atoms with E-state index in [1.807, 2.05) is 28.8 Å². The van der Waals surface area contributed by atoms with Crippen molar-refractivity contribution in [3.63, 3.8) is 0 Å². The first-order valence-corrected chi connectivity index (χ1v) is 13.6. The molecule has 4 aromatic heterocycles. The largest absolute Gasteiger partial charge is 0.277 e. The van der Waals surface area contributed by atoms with Crippen LogP contribution in [0.2, 0.25) is 0 Å². The van der Waals surface area contributed by atoms with Crippen molar-refractivity contribution >= 4 is 57.8 Å². The molecule has 1 aliphatic carbocycles. The highest BCUT2D eigenvalue weighted by Crippen LogP contribution is 2.45. The molecule has 1 saturated carbocycles. The van der Waals surface area contributed by atoms with E-state index in [9.17, 15) is 4.79 Å². The number of allylic oxidation sites excluding steroid dienone is 1. The Labute approximate surface area is 203 Å². The molecule has 0 bridgehead atoms. The maximum Gasteiger partial charge on any atom is 0.253 e. The van der Waals surface area contributed by atoms with E-state index in [-0.39, 0.29) is 23.6 Å². The van der Waals surface area contributed by atoms with Gasteiger partial charge in [-0.2, -0.15) is 5.10 Å². The van der Waals surface area contributed by atoms with Crippen molar-refractivity contribution in [1.82, 2.24) is 19.6 Å². The van der Waals surface area contributed by atoms with E-state index < -0.39 is 0 Å². The Hall–Kier alpha value is -2.75. The van der Waals surface area contributed by atoms with Gasteiger partial charge in [-0.25, -0.2) is 5.01 Å². The Bertz CT molecular complexity index is 1340. The fourth-order valence-corrected chi connectivity index (χ4v) is 6.93. The first-order valence-electron chi connectivity index (χ1n) is 10.9. The lowest BCUT2D eigenvalue weighted by atomic mass is 9.79. The van der Waals surface area contributed by atoms with Crippen LogP contribution in [0.25, 0.3) is 11.7 Å². The summed E-state index contributed by atoms with van der Waals surface area (Å²) in [6.07, 6.45) is 7.35. The predicted molar refractivity (Wildman–Crippen MR) is 135 cm³/mol. The monoisotopic (exact) mass is 491 g/mol. The second-order valence-corrected chi connectivity index (χ2v) is 11.0. The van der Waals surface area contributed by atoms with Crippen molar-refractivity contribution in [3.05, 3.63) is 74.7 Å². The fourth-order valence-electron chi connectivity index (χ4n) is 4.60. The molecule has 0 N–H and O–H groups in total. The maximum absolute atomic E-state index is 13.5. The normalized spacial score (nSPS) is 21.5. The average molecular weight is 492 g/mol. The zero-order valence-corrected chi connectivity index (χ0v) is 20.2. The van der Waals surface area contributed by atoms with Gasteiger partial charge in [-0.15, -0.1) is 32.9 Å². The highest BCUT2D eigenvalue weighted by atomic mass is 32.2. The van der Waals surface area contributed by atoms with E-state index in [0.29, 0.717) is 5.16 Å². The highest BCUT2D eigenvalue weighted by molar-refractivity contribution is 7.99. The summed E-state index contributed by atoms with van der Waals surface area (Å²) in [5, 5.41) is 20.0. The van der Waals surface area contributed by atoms with Crippen LogP contribution in [0, 0.1) is 5.92 Å². The molecule has 6 rings (SSSR count).